The van der Waals surface area contributed by atoms with Crippen molar-refractivity contribution in [3.63, 3.8) is 0 Å². The fourth-order valence-corrected chi connectivity index (χ4v) is 2.85. The Morgan fingerprint density at radius 1 is 1.26 bits per heavy atom. The Morgan fingerprint density at radius 3 is 2.83 bits per heavy atom. The van der Waals surface area contributed by atoms with E-state index >= 15 is 0 Å². The second-order valence-electron chi connectivity index (χ2n) is 5.63. The van der Waals surface area contributed by atoms with Crippen LogP contribution in [0, 0.1) is 11.7 Å². The Labute approximate surface area is 139 Å². The lowest BCUT2D eigenvalue weighted by atomic mass is 9.96. The average molecular weight is 334 g/mol. The Bertz CT molecular complexity index is 703. The Balaban J connectivity index is 1.52. The van der Waals surface area contributed by atoms with Gasteiger partial charge < -0.3 is 10.1 Å². The standard InChI is InChI=1S/C18H17ClFNO2/c19-15-3-6-17-13(10-15)9-14(11-23-17)18(22)21-8-7-12-1-4-16(20)5-2-12/h1-6,10,14H,7-9,11H2,(H,21,22)/t14-/m0/s1. The van der Waals surface area contributed by atoms with Gasteiger partial charge in [-0.3, -0.25) is 4.79 Å². The van der Waals surface area contributed by atoms with E-state index in [0.29, 0.717) is 31.0 Å². The molecule has 0 aliphatic carbocycles. The Kier molecular flexibility index (Phi) is 4.82. The first-order valence-electron chi connectivity index (χ1n) is 7.55. The van der Waals surface area contributed by atoms with E-state index in [-0.39, 0.29) is 17.6 Å². The number of hydrogen-bond acceptors (Lipinski definition) is 2. The van der Waals surface area contributed by atoms with E-state index in [1.165, 1.54) is 12.1 Å². The van der Waals surface area contributed by atoms with Gasteiger partial charge in [-0.05, 0) is 54.3 Å². The molecule has 0 bridgehead atoms. The number of ether oxygens (including phenoxy) is 1. The van der Waals surface area contributed by atoms with E-state index in [1.807, 2.05) is 12.1 Å². The van der Waals surface area contributed by atoms with E-state index in [1.54, 1.807) is 18.2 Å². The zero-order valence-corrected chi connectivity index (χ0v) is 13.3. The van der Waals surface area contributed by atoms with Crippen LogP contribution in [0.4, 0.5) is 4.39 Å². The second-order valence-corrected chi connectivity index (χ2v) is 6.07. The van der Waals surface area contributed by atoms with Crippen LogP contribution in [0.25, 0.3) is 0 Å². The smallest absolute Gasteiger partial charge is 0.226 e. The molecular formula is C18H17ClFNO2. The first kappa shape index (κ1) is 15.8. The number of nitrogens with one attached hydrogen (secondary N) is 1. The van der Waals surface area contributed by atoms with E-state index in [0.717, 1.165) is 16.9 Å². The number of carbonyl (C=O) groups excluding carboxylic acids is 1. The van der Waals surface area contributed by atoms with Crippen molar-refractivity contribution in [1.29, 1.82) is 0 Å². The highest BCUT2D eigenvalue weighted by Gasteiger charge is 2.25. The molecule has 0 saturated heterocycles. The van der Waals surface area contributed by atoms with Crippen molar-refractivity contribution in [2.24, 2.45) is 5.92 Å². The van der Waals surface area contributed by atoms with E-state index in [9.17, 15) is 9.18 Å². The summed E-state index contributed by atoms with van der Waals surface area (Å²) in [6.07, 6.45) is 1.29. The van der Waals surface area contributed by atoms with Gasteiger partial charge in [-0.15, -0.1) is 0 Å². The van der Waals surface area contributed by atoms with Crippen LogP contribution in [0.15, 0.2) is 42.5 Å². The average Bonchev–Trinajstić information content (AvgIpc) is 2.56. The Hall–Kier alpha value is -2.07. The van der Waals surface area contributed by atoms with Crippen molar-refractivity contribution in [3.05, 3.63) is 64.4 Å². The highest BCUT2D eigenvalue weighted by molar-refractivity contribution is 6.30. The van der Waals surface area contributed by atoms with Crippen LogP contribution in [0.5, 0.6) is 5.75 Å². The highest BCUT2D eigenvalue weighted by Crippen LogP contribution is 2.29. The van der Waals surface area contributed by atoms with Crippen LogP contribution in [0.2, 0.25) is 5.02 Å². The first-order valence-corrected chi connectivity index (χ1v) is 7.93. The number of hydrogen-bond donors (Lipinski definition) is 1. The van der Waals surface area contributed by atoms with Crippen LogP contribution in [0.3, 0.4) is 0 Å². The molecule has 1 amide bonds. The third kappa shape index (κ3) is 4.02. The normalized spacial score (nSPS) is 16.3. The molecule has 3 rings (SSSR count). The molecule has 5 heteroatoms. The molecule has 1 N–H and O–H groups in total. The maximum Gasteiger partial charge on any atom is 0.226 e. The van der Waals surface area contributed by atoms with Crippen LogP contribution >= 0.6 is 11.6 Å². The maximum atomic E-state index is 12.8. The summed E-state index contributed by atoms with van der Waals surface area (Å²) < 4.78 is 18.5. The maximum absolute atomic E-state index is 12.8. The number of carbonyl (C=O) groups is 1. The highest BCUT2D eigenvalue weighted by atomic mass is 35.5. The minimum absolute atomic E-state index is 0.0299. The predicted octanol–water partition coefficient (Wildman–Crippen LogP) is 3.39. The number of fused-ring (bicyclic) bond motifs is 1. The summed E-state index contributed by atoms with van der Waals surface area (Å²) >= 11 is 5.98. The zero-order valence-electron chi connectivity index (χ0n) is 12.5. The second kappa shape index (κ2) is 7.01. The van der Waals surface area contributed by atoms with Crippen molar-refractivity contribution in [2.75, 3.05) is 13.2 Å². The number of benzene rings is 2. The lowest BCUT2D eigenvalue weighted by molar-refractivity contribution is -0.126. The topological polar surface area (TPSA) is 38.3 Å². The minimum atomic E-state index is -0.255. The molecular weight excluding hydrogens is 317 g/mol. The summed E-state index contributed by atoms with van der Waals surface area (Å²) in [4.78, 5) is 12.3. The third-order valence-corrected chi connectivity index (χ3v) is 4.16. The molecule has 1 aliphatic heterocycles. The van der Waals surface area contributed by atoms with Gasteiger partial charge in [0.05, 0.1) is 5.92 Å². The van der Waals surface area contributed by atoms with Gasteiger partial charge in [0.2, 0.25) is 5.91 Å². The summed E-state index contributed by atoms with van der Waals surface area (Å²) in [6.45, 7) is 0.889. The molecule has 1 heterocycles. The summed E-state index contributed by atoms with van der Waals surface area (Å²) in [5, 5.41) is 3.56. The van der Waals surface area contributed by atoms with Gasteiger partial charge in [-0.1, -0.05) is 23.7 Å². The monoisotopic (exact) mass is 333 g/mol. The molecule has 1 atom stereocenters. The fraction of sp³-hybridized carbons (Fsp3) is 0.278. The van der Waals surface area contributed by atoms with Crippen LogP contribution in [-0.4, -0.2) is 19.1 Å². The van der Waals surface area contributed by atoms with Gasteiger partial charge >= 0.3 is 0 Å². The molecule has 2 aromatic rings. The molecule has 0 saturated carbocycles. The van der Waals surface area contributed by atoms with Crippen molar-refractivity contribution in [2.45, 2.75) is 12.8 Å². The van der Waals surface area contributed by atoms with Crippen LogP contribution in [0.1, 0.15) is 11.1 Å². The molecule has 23 heavy (non-hydrogen) atoms. The molecule has 2 aromatic carbocycles. The van der Waals surface area contributed by atoms with Gasteiger partial charge in [0.1, 0.15) is 18.2 Å². The first-order chi connectivity index (χ1) is 11.1. The van der Waals surface area contributed by atoms with E-state index in [2.05, 4.69) is 5.32 Å². The van der Waals surface area contributed by atoms with E-state index in [4.69, 9.17) is 16.3 Å². The molecule has 3 nitrogen and oxygen atoms in total. The lowest BCUT2D eigenvalue weighted by Crippen LogP contribution is -2.38. The summed E-state index contributed by atoms with van der Waals surface area (Å²) in [7, 11) is 0. The zero-order chi connectivity index (χ0) is 16.2. The van der Waals surface area contributed by atoms with Gasteiger partial charge in [0.15, 0.2) is 0 Å². The Morgan fingerprint density at radius 2 is 2.04 bits per heavy atom. The van der Waals surface area contributed by atoms with Crippen molar-refractivity contribution in [1.82, 2.24) is 5.32 Å². The van der Waals surface area contributed by atoms with Crippen molar-refractivity contribution >= 4 is 17.5 Å². The van der Waals surface area contributed by atoms with E-state index < -0.39 is 0 Å². The fourth-order valence-electron chi connectivity index (χ4n) is 2.66. The summed E-state index contributed by atoms with van der Waals surface area (Å²) in [6, 6.07) is 11.8. The number of rotatable bonds is 4. The van der Waals surface area contributed by atoms with Crippen molar-refractivity contribution < 1.29 is 13.9 Å². The molecule has 120 valence electrons. The molecule has 0 unspecified atom stereocenters. The number of halogens is 2. The molecule has 1 aliphatic rings. The van der Waals surface area contributed by atoms with Crippen LogP contribution < -0.4 is 10.1 Å². The minimum Gasteiger partial charge on any atom is -0.492 e. The van der Waals surface area contributed by atoms with Gasteiger partial charge in [-0.25, -0.2) is 4.39 Å². The SMILES string of the molecule is O=C(NCCc1ccc(F)cc1)[C@@H]1COc2ccc(Cl)cc2C1. The largest absolute Gasteiger partial charge is 0.492 e. The van der Waals surface area contributed by atoms with Crippen LogP contribution in [-0.2, 0) is 17.6 Å². The lowest BCUT2D eigenvalue weighted by Gasteiger charge is -2.24. The molecule has 0 radical (unpaired) electrons. The van der Waals surface area contributed by atoms with Crippen molar-refractivity contribution in [3.8, 4) is 5.75 Å². The predicted molar refractivity (Wildman–Crippen MR) is 87.3 cm³/mol. The molecule has 0 fully saturated rings. The molecule has 0 aromatic heterocycles. The molecule has 0 spiro atoms. The third-order valence-electron chi connectivity index (χ3n) is 3.93. The van der Waals surface area contributed by atoms with Gasteiger partial charge in [-0.2, -0.15) is 0 Å². The van der Waals surface area contributed by atoms with Gasteiger partial charge in [0, 0.05) is 11.6 Å². The van der Waals surface area contributed by atoms with Gasteiger partial charge in [0.25, 0.3) is 0 Å². The quantitative estimate of drug-likeness (QED) is 0.931. The number of amides is 1. The summed E-state index contributed by atoms with van der Waals surface area (Å²) in [5.41, 5.74) is 1.95. The summed E-state index contributed by atoms with van der Waals surface area (Å²) in [5.74, 6) is 0.297.